The van der Waals surface area contributed by atoms with E-state index in [1.165, 1.54) is 18.2 Å². The zero-order valence-corrected chi connectivity index (χ0v) is 11.8. The molecule has 1 heterocycles. The van der Waals surface area contributed by atoms with Crippen LogP contribution in [-0.2, 0) is 6.54 Å². The average molecular weight is 301 g/mol. The minimum atomic E-state index is -0.567. The van der Waals surface area contributed by atoms with Crippen molar-refractivity contribution in [3.63, 3.8) is 0 Å². The monoisotopic (exact) mass is 301 g/mol. The van der Waals surface area contributed by atoms with Gasteiger partial charge in [-0.05, 0) is 36.4 Å². The van der Waals surface area contributed by atoms with Gasteiger partial charge in [-0.1, -0.05) is 0 Å². The van der Waals surface area contributed by atoms with Gasteiger partial charge in [-0.3, -0.25) is 4.79 Å². The zero-order valence-electron chi connectivity index (χ0n) is 11.0. The molecule has 0 spiro atoms. The largest absolute Gasteiger partial charge is 0.381 e. The molecular weight excluding hydrogens is 289 g/mol. The summed E-state index contributed by atoms with van der Waals surface area (Å²) < 4.78 is 14.8. The van der Waals surface area contributed by atoms with Gasteiger partial charge in [0.25, 0.3) is 0 Å². The van der Waals surface area contributed by atoms with Crippen molar-refractivity contribution < 1.29 is 9.18 Å². The molecule has 21 heavy (non-hydrogen) atoms. The maximum atomic E-state index is 13.7. The Labute approximate surface area is 124 Å². The maximum Gasteiger partial charge on any atom is 0.248 e. The standard InChI is InChI=1S/C15H12FN3OS/c16-12-3-1-9(15(17)20)5-10(12)7-18-11-2-4-13-14(6-11)21-8-19-13/h1-6,8,18H,7H2,(H2,17,20). The third-order valence-corrected chi connectivity index (χ3v) is 3.94. The van der Waals surface area contributed by atoms with E-state index in [0.29, 0.717) is 11.1 Å². The number of fused-ring (bicyclic) bond motifs is 1. The number of carbonyl (C=O) groups is 1. The lowest BCUT2D eigenvalue weighted by atomic mass is 10.1. The molecule has 0 radical (unpaired) electrons. The minimum absolute atomic E-state index is 0.275. The third kappa shape index (κ3) is 2.85. The predicted molar refractivity (Wildman–Crippen MR) is 81.9 cm³/mol. The van der Waals surface area contributed by atoms with Crippen LogP contribution < -0.4 is 11.1 Å². The van der Waals surface area contributed by atoms with Crippen molar-refractivity contribution in [2.75, 3.05) is 5.32 Å². The van der Waals surface area contributed by atoms with Crippen molar-refractivity contribution in [2.45, 2.75) is 6.54 Å². The molecule has 0 unspecified atom stereocenters. The predicted octanol–water partition coefficient (Wildman–Crippen LogP) is 3.15. The molecule has 1 amide bonds. The highest BCUT2D eigenvalue weighted by Gasteiger charge is 2.07. The van der Waals surface area contributed by atoms with Gasteiger partial charge in [0, 0.05) is 23.4 Å². The Bertz CT molecular complexity index is 816. The van der Waals surface area contributed by atoms with Crippen molar-refractivity contribution in [2.24, 2.45) is 5.73 Å². The van der Waals surface area contributed by atoms with Crippen LogP contribution in [0.4, 0.5) is 10.1 Å². The van der Waals surface area contributed by atoms with Crippen LogP contribution in [0.15, 0.2) is 41.9 Å². The molecule has 4 nitrogen and oxygen atoms in total. The van der Waals surface area contributed by atoms with Crippen molar-refractivity contribution in [3.8, 4) is 0 Å². The lowest BCUT2D eigenvalue weighted by Gasteiger charge is -2.08. The Morgan fingerprint density at radius 1 is 1.29 bits per heavy atom. The molecule has 0 atom stereocenters. The molecule has 3 aromatic rings. The van der Waals surface area contributed by atoms with Crippen LogP contribution in [0.2, 0.25) is 0 Å². The maximum absolute atomic E-state index is 13.7. The number of aromatic nitrogens is 1. The van der Waals surface area contributed by atoms with Crippen LogP contribution in [-0.4, -0.2) is 10.9 Å². The van der Waals surface area contributed by atoms with Crippen molar-refractivity contribution in [1.82, 2.24) is 4.98 Å². The molecule has 0 saturated carbocycles. The molecule has 0 aliphatic heterocycles. The van der Waals surface area contributed by atoms with Crippen LogP contribution in [0.1, 0.15) is 15.9 Å². The van der Waals surface area contributed by atoms with Gasteiger partial charge < -0.3 is 11.1 Å². The van der Waals surface area contributed by atoms with E-state index in [-0.39, 0.29) is 12.4 Å². The number of amides is 1. The summed E-state index contributed by atoms with van der Waals surface area (Å²) >= 11 is 1.55. The second kappa shape index (κ2) is 5.49. The number of rotatable bonds is 4. The number of nitrogens with one attached hydrogen (secondary N) is 1. The molecule has 2 aromatic carbocycles. The highest BCUT2D eigenvalue weighted by molar-refractivity contribution is 7.16. The fourth-order valence-electron chi connectivity index (χ4n) is 2.03. The minimum Gasteiger partial charge on any atom is -0.381 e. The van der Waals surface area contributed by atoms with Crippen molar-refractivity contribution >= 4 is 33.1 Å². The first-order valence-electron chi connectivity index (χ1n) is 6.29. The van der Waals surface area contributed by atoms with Crippen LogP contribution in [0.25, 0.3) is 10.2 Å². The van der Waals surface area contributed by atoms with E-state index < -0.39 is 5.91 Å². The second-order valence-electron chi connectivity index (χ2n) is 4.56. The highest BCUT2D eigenvalue weighted by atomic mass is 32.1. The Morgan fingerprint density at radius 2 is 2.14 bits per heavy atom. The smallest absolute Gasteiger partial charge is 0.248 e. The van der Waals surface area contributed by atoms with Crippen molar-refractivity contribution in [1.29, 1.82) is 0 Å². The van der Waals surface area contributed by atoms with E-state index in [2.05, 4.69) is 10.3 Å². The van der Waals surface area contributed by atoms with E-state index >= 15 is 0 Å². The van der Waals surface area contributed by atoms with Gasteiger partial charge in [0.1, 0.15) is 5.82 Å². The Morgan fingerprint density at radius 3 is 2.95 bits per heavy atom. The summed E-state index contributed by atoms with van der Waals surface area (Å²) in [6.07, 6.45) is 0. The number of primary amides is 1. The normalized spacial score (nSPS) is 10.7. The quantitative estimate of drug-likeness (QED) is 0.778. The number of carbonyl (C=O) groups excluding carboxylic acids is 1. The SMILES string of the molecule is NC(=O)c1ccc(F)c(CNc2ccc3ncsc3c2)c1. The third-order valence-electron chi connectivity index (χ3n) is 3.14. The first-order chi connectivity index (χ1) is 10.1. The molecular formula is C15H12FN3OS. The molecule has 0 saturated heterocycles. The molecule has 6 heteroatoms. The average Bonchev–Trinajstić information content (AvgIpc) is 2.93. The lowest BCUT2D eigenvalue weighted by Crippen LogP contribution is -2.12. The van der Waals surface area contributed by atoms with Crippen LogP contribution in [0.3, 0.4) is 0 Å². The summed E-state index contributed by atoms with van der Waals surface area (Å²) in [5.74, 6) is -0.936. The van der Waals surface area contributed by atoms with Gasteiger partial charge >= 0.3 is 0 Å². The molecule has 106 valence electrons. The Kier molecular flexibility index (Phi) is 3.53. The van der Waals surface area contributed by atoms with Gasteiger partial charge in [0.15, 0.2) is 0 Å². The summed E-state index contributed by atoms with van der Waals surface area (Å²) in [4.78, 5) is 15.3. The summed E-state index contributed by atoms with van der Waals surface area (Å²) in [6, 6.07) is 9.86. The van der Waals surface area contributed by atoms with E-state index in [1.807, 2.05) is 18.2 Å². The number of thiazole rings is 1. The van der Waals surface area contributed by atoms with E-state index in [9.17, 15) is 9.18 Å². The number of nitrogens with zero attached hydrogens (tertiary/aromatic N) is 1. The highest BCUT2D eigenvalue weighted by Crippen LogP contribution is 2.22. The van der Waals surface area contributed by atoms with Gasteiger partial charge in [-0.25, -0.2) is 9.37 Å². The van der Waals surface area contributed by atoms with Gasteiger partial charge in [0.2, 0.25) is 5.91 Å². The molecule has 3 N–H and O–H groups in total. The molecule has 3 rings (SSSR count). The molecule has 0 aliphatic rings. The zero-order chi connectivity index (χ0) is 14.8. The van der Waals surface area contributed by atoms with E-state index in [1.54, 1.807) is 16.8 Å². The topological polar surface area (TPSA) is 68.0 Å². The summed E-state index contributed by atoms with van der Waals surface area (Å²) in [5.41, 5.74) is 9.49. The Hall–Kier alpha value is -2.47. The van der Waals surface area contributed by atoms with Crippen LogP contribution >= 0.6 is 11.3 Å². The Balaban J connectivity index is 1.80. The number of halogens is 1. The van der Waals surface area contributed by atoms with Crippen LogP contribution in [0.5, 0.6) is 0 Å². The number of anilines is 1. The van der Waals surface area contributed by atoms with E-state index in [0.717, 1.165) is 15.9 Å². The number of benzene rings is 2. The first-order valence-corrected chi connectivity index (χ1v) is 7.17. The number of hydrogen-bond donors (Lipinski definition) is 2. The number of nitrogens with two attached hydrogens (primary N) is 1. The molecule has 0 bridgehead atoms. The lowest BCUT2D eigenvalue weighted by molar-refractivity contribution is 0.1000. The van der Waals surface area contributed by atoms with Gasteiger partial charge in [0.05, 0.1) is 15.7 Å². The van der Waals surface area contributed by atoms with E-state index in [4.69, 9.17) is 5.73 Å². The van der Waals surface area contributed by atoms with Gasteiger partial charge in [-0.15, -0.1) is 11.3 Å². The van der Waals surface area contributed by atoms with Crippen molar-refractivity contribution in [3.05, 3.63) is 58.9 Å². The second-order valence-corrected chi connectivity index (χ2v) is 5.45. The van der Waals surface area contributed by atoms with Crippen LogP contribution in [0, 0.1) is 5.82 Å². The fourth-order valence-corrected chi connectivity index (χ4v) is 2.74. The number of hydrogen-bond acceptors (Lipinski definition) is 4. The fraction of sp³-hybridized carbons (Fsp3) is 0.0667. The molecule has 0 aliphatic carbocycles. The molecule has 1 aromatic heterocycles. The first kappa shape index (κ1) is 13.5. The van der Waals surface area contributed by atoms with Gasteiger partial charge in [-0.2, -0.15) is 0 Å². The summed E-state index contributed by atoms with van der Waals surface area (Å²) in [6.45, 7) is 0.275. The molecule has 0 fully saturated rings. The summed E-state index contributed by atoms with van der Waals surface area (Å²) in [5, 5.41) is 3.14. The summed E-state index contributed by atoms with van der Waals surface area (Å²) in [7, 11) is 0.